The predicted molar refractivity (Wildman–Crippen MR) is 92.7 cm³/mol. The van der Waals surface area contributed by atoms with Gasteiger partial charge >= 0.3 is 7.12 Å². The van der Waals surface area contributed by atoms with Gasteiger partial charge in [0, 0.05) is 15.8 Å². The van der Waals surface area contributed by atoms with Crippen molar-refractivity contribution in [3.63, 3.8) is 0 Å². The Balaban J connectivity index is 2.14. The Hall–Kier alpha value is -1.13. The molecule has 1 aromatic rings. The lowest BCUT2D eigenvalue weighted by atomic mass is 9.87. The van der Waals surface area contributed by atoms with Crippen LogP contribution in [0.5, 0.6) is 0 Å². The maximum atomic E-state index is 14.4. The summed E-state index contributed by atoms with van der Waals surface area (Å²) in [7, 11) is -0.993. The van der Waals surface area contributed by atoms with Crippen molar-refractivity contribution in [2.45, 2.75) is 58.3 Å². The topological polar surface area (TPSA) is 38.7 Å². The van der Waals surface area contributed by atoms with E-state index in [0.717, 1.165) is 10.4 Å². The molecule has 0 aromatic carbocycles. The number of halogens is 1. The molecule has 0 bridgehead atoms. The number of thiophene rings is 1. The lowest BCUT2D eigenvalue weighted by molar-refractivity contribution is 0.00578. The fraction of sp³-hybridized carbons (Fsp3) is 0.529. The van der Waals surface area contributed by atoms with Crippen molar-refractivity contribution in [2.75, 3.05) is 0 Å². The fourth-order valence-electron chi connectivity index (χ4n) is 1.88. The molecule has 0 radical (unpaired) electrons. The van der Waals surface area contributed by atoms with Crippen LogP contribution in [0.15, 0.2) is 17.2 Å². The van der Waals surface area contributed by atoms with Gasteiger partial charge in [-0.3, -0.25) is 0 Å². The van der Waals surface area contributed by atoms with E-state index >= 15 is 0 Å². The second kappa shape index (κ2) is 6.06. The molecule has 1 aliphatic rings. The molecule has 0 aliphatic carbocycles. The predicted octanol–water partition coefficient (Wildman–Crippen LogP) is 3.81. The zero-order chi connectivity index (χ0) is 17.5. The third-order valence-electron chi connectivity index (χ3n) is 3.89. The highest BCUT2D eigenvalue weighted by atomic mass is 32.1. The summed E-state index contributed by atoms with van der Waals surface area (Å²) in [4.78, 5) is 0.720. The van der Waals surface area contributed by atoms with Crippen LogP contribution >= 0.6 is 11.3 Å². The molecule has 1 saturated heterocycles. The molecule has 1 N–H and O–H groups in total. The van der Waals surface area contributed by atoms with Gasteiger partial charge in [0.15, 0.2) is 0 Å². The molecule has 1 aliphatic heterocycles. The Bertz CT molecular complexity index is 658. The molecule has 0 atom stereocenters. The van der Waals surface area contributed by atoms with Crippen LogP contribution in [0.25, 0.3) is 6.08 Å². The van der Waals surface area contributed by atoms with Crippen LogP contribution in [0.3, 0.4) is 0 Å². The average molecular weight is 336 g/mol. The quantitative estimate of drug-likeness (QED) is 0.659. The van der Waals surface area contributed by atoms with E-state index in [1.165, 1.54) is 17.4 Å². The van der Waals surface area contributed by atoms with E-state index in [1.807, 2.05) is 33.1 Å². The van der Waals surface area contributed by atoms with Crippen LogP contribution in [0.2, 0.25) is 0 Å². The van der Waals surface area contributed by atoms with Crippen molar-refractivity contribution in [2.24, 2.45) is 0 Å². The molecule has 124 valence electrons. The summed E-state index contributed by atoms with van der Waals surface area (Å²) in [5.74, 6) is 5.60. The Morgan fingerprint density at radius 3 is 2.39 bits per heavy atom. The van der Waals surface area contributed by atoms with E-state index in [-0.39, 0.29) is 0 Å². The van der Waals surface area contributed by atoms with Gasteiger partial charge in [-0.05, 0) is 53.7 Å². The summed E-state index contributed by atoms with van der Waals surface area (Å²) in [6.07, 6.45) is 1.40. The maximum Gasteiger partial charge on any atom is 0.525 e. The molecule has 0 spiro atoms. The first-order valence-corrected chi connectivity index (χ1v) is 8.34. The van der Waals surface area contributed by atoms with E-state index in [4.69, 9.17) is 9.31 Å². The van der Waals surface area contributed by atoms with Crippen molar-refractivity contribution in [3.05, 3.63) is 27.6 Å². The van der Waals surface area contributed by atoms with Gasteiger partial charge in [-0.1, -0.05) is 11.8 Å². The van der Waals surface area contributed by atoms with Crippen molar-refractivity contribution < 1.29 is 18.8 Å². The Labute approximate surface area is 141 Å². The van der Waals surface area contributed by atoms with Crippen LogP contribution in [0.4, 0.5) is 4.39 Å². The van der Waals surface area contributed by atoms with Crippen LogP contribution in [0.1, 0.15) is 52.0 Å². The van der Waals surface area contributed by atoms with Crippen LogP contribution < -0.4 is 0 Å². The second-order valence-corrected chi connectivity index (χ2v) is 8.11. The van der Waals surface area contributed by atoms with Crippen molar-refractivity contribution in [1.82, 2.24) is 0 Å². The number of hydrogen-bond acceptors (Lipinski definition) is 4. The normalized spacial score (nSPS) is 20.3. The lowest BCUT2D eigenvalue weighted by Crippen LogP contribution is -2.41. The standard InChI is InChI=1S/C17H22BFO3S/c1-15(2,20)8-7-12-9-13(23-11-12)10-14(19)18-21-16(3,4)17(5,6)22-18/h9-11,20H,1-6H3. The van der Waals surface area contributed by atoms with Gasteiger partial charge in [-0.2, -0.15) is 0 Å². The molecular formula is C17H22BFO3S. The van der Waals surface area contributed by atoms with Gasteiger partial charge in [0.05, 0.1) is 11.2 Å². The lowest BCUT2D eigenvalue weighted by Gasteiger charge is -2.32. The molecule has 1 aromatic heterocycles. The maximum absolute atomic E-state index is 14.4. The SMILES string of the molecule is CC(C)(O)C#Cc1csc(C=C(F)B2OC(C)(C)C(C)(C)O2)c1. The minimum atomic E-state index is -1.05. The summed E-state index contributed by atoms with van der Waals surface area (Å²) in [6.45, 7) is 10.8. The first-order valence-electron chi connectivity index (χ1n) is 7.46. The zero-order valence-electron chi connectivity index (χ0n) is 14.4. The third kappa shape index (κ3) is 4.45. The number of aliphatic hydroxyl groups is 1. The van der Waals surface area contributed by atoms with E-state index in [9.17, 15) is 9.50 Å². The summed E-state index contributed by atoms with van der Waals surface area (Å²) in [5, 5.41) is 11.4. The number of hydrogen-bond donors (Lipinski definition) is 1. The highest BCUT2D eigenvalue weighted by molar-refractivity contribution is 7.11. The highest BCUT2D eigenvalue weighted by Crippen LogP contribution is 2.39. The summed E-state index contributed by atoms with van der Waals surface area (Å²) < 4.78 is 25.8. The van der Waals surface area contributed by atoms with E-state index < -0.39 is 29.6 Å². The van der Waals surface area contributed by atoms with Crippen molar-refractivity contribution in [1.29, 1.82) is 0 Å². The summed E-state index contributed by atoms with van der Waals surface area (Å²) in [5.41, 5.74) is -1.91. The van der Waals surface area contributed by atoms with E-state index in [2.05, 4.69) is 11.8 Å². The monoisotopic (exact) mass is 336 g/mol. The molecular weight excluding hydrogens is 314 g/mol. The van der Waals surface area contributed by atoms with Gasteiger partial charge < -0.3 is 14.4 Å². The van der Waals surface area contributed by atoms with Gasteiger partial charge in [0.25, 0.3) is 0 Å². The molecule has 23 heavy (non-hydrogen) atoms. The molecule has 6 heteroatoms. The molecule has 0 amide bonds. The van der Waals surface area contributed by atoms with Crippen LogP contribution in [-0.2, 0) is 9.31 Å². The van der Waals surface area contributed by atoms with Gasteiger partial charge in [-0.15, -0.1) is 11.3 Å². The van der Waals surface area contributed by atoms with Gasteiger partial charge in [0.1, 0.15) is 11.3 Å². The van der Waals surface area contributed by atoms with E-state index in [1.54, 1.807) is 19.9 Å². The van der Waals surface area contributed by atoms with Gasteiger partial charge in [0.2, 0.25) is 0 Å². The Morgan fingerprint density at radius 2 is 1.87 bits per heavy atom. The zero-order valence-corrected chi connectivity index (χ0v) is 15.2. The molecule has 2 rings (SSSR count). The van der Waals surface area contributed by atoms with Crippen molar-refractivity contribution >= 4 is 24.5 Å². The summed E-state index contributed by atoms with van der Waals surface area (Å²) in [6, 6.07) is 1.77. The highest BCUT2D eigenvalue weighted by Gasteiger charge is 2.53. The first-order chi connectivity index (χ1) is 10.4. The van der Waals surface area contributed by atoms with Crippen LogP contribution in [-0.4, -0.2) is 29.0 Å². The molecule has 1 fully saturated rings. The molecule has 2 heterocycles. The largest absolute Gasteiger partial charge is 0.525 e. The summed E-state index contributed by atoms with van der Waals surface area (Å²) >= 11 is 1.38. The fourth-order valence-corrected chi connectivity index (χ4v) is 2.64. The average Bonchev–Trinajstić information content (AvgIpc) is 2.89. The molecule has 3 nitrogen and oxygen atoms in total. The molecule has 0 saturated carbocycles. The minimum Gasteiger partial charge on any atom is -0.398 e. The van der Waals surface area contributed by atoms with E-state index in [0.29, 0.717) is 0 Å². The Kier molecular flexibility index (Phi) is 4.80. The molecule has 0 unspecified atom stereocenters. The minimum absolute atomic E-state index is 0.465. The van der Waals surface area contributed by atoms with Gasteiger partial charge in [-0.25, -0.2) is 4.39 Å². The first kappa shape index (κ1) is 18.2. The smallest absolute Gasteiger partial charge is 0.398 e. The van der Waals surface area contributed by atoms with Crippen molar-refractivity contribution in [3.8, 4) is 11.8 Å². The third-order valence-corrected chi connectivity index (χ3v) is 4.77. The Morgan fingerprint density at radius 1 is 1.30 bits per heavy atom. The second-order valence-electron chi connectivity index (χ2n) is 7.16. The number of rotatable bonds is 2. The van der Waals surface area contributed by atoms with Crippen LogP contribution in [0, 0.1) is 11.8 Å².